The van der Waals surface area contributed by atoms with Crippen molar-refractivity contribution < 1.29 is 23.8 Å². The van der Waals surface area contributed by atoms with Crippen LogP contribution in [-0.4, -0.2) is 42.3 Å². The highest BCUT2D eigenvalue weighted by atomic mass is 32.2. The lowest BCUT2D eigenvalue weighted by molar-refractivity contribution is -0.129. The Hall–Kier alpha value is -3.20. The average Bonchev–Trinajstić information content (AvgIpc) is 3.14. The molecule has 8 nitrogen and oxygen atoms in total. The molecule has 0 saturated heterocycles. The molecule has 1 N–H and O–H groups in total. The minimum Gasteiger partial charge on any atom is -0.493 e. The average molecular weight is 444 g/mol. The molecule has 3 rings (SSSR count). The fourth-order valence-corrected chi connectivity index (χ4v) is 4.08. The Morgan fingerprint density at radius 2 is 1.87 bits per heavy atom. The number of nitrogens with one attached hydrogen (secondary N) is 1. The molecule has 2 aromatic rings. The second-order valence-electron chi connectivity index (χ2n) is 6.84. The van der Waals surface area contributed by atoms with Crippen LogP contribution in [0.2, 0.25) is 0 Å². The van der Waals surface area contributed by atoms with E-state index in [-0.39, 0.29) is 11.8 Å². The van der Waals surface area contributed by atoms with Crippen molar-refractivity contribution >= 4 is 28.7 Å². The van der Waals surface area contributed by atoms with Gasteiger partial charge in [0.15, 0.2) is 16.7 Å². The molecule has 0 radical (unpaired) electrons. The number of rotatable bonds is 7. The third-order valence-electron chi connectivity index (χ3n) is 4.32. The van der Waals surface area contributed by atoms with Gasteiger partial charge in [0.1, 0.15) is 24.3 Å². The van der Waals surface area contributed by atoms with Crippen molar-refractivity contribution in [3.05, 3.63) is 53.6 Å². The summed E-state index contributed by atoms with van der Waals surface area (Å²) in [5.41, 5.74) is 1.93. The van der Waals surface area contributed by atoms with Crippen molar-refractivity contribution in [3.63, 3.8) is 0 Å². The van der Waals surface area contributed by atoms with Gasteiger partial charge in [-0.05, 0) is 42.3 Å². The third kappa shape index (κ3) is 5.91. The number of carbonyl (C=O) groups excluding carboxylic acids is 2. The molecule has 9 heteroatoms. The van der Waals surface area contributed by atoms with Crippen LogP contribution in [0.15, 0.2) is 47.6 Å². The Bertz CT molecular complexity index is 995. The highest BCUT2D eigenvalue weighted by molar-refractivity contribution is 8.14. The van der Waals surface area contributed by atoms with E-state index in [1.54, 1.807) is 19.2 Å². The van der Waals surface area contributed by atoms with E-state index in [9.17, 15) is 9.59 Å². The zero-order valence-electron chi connectivity index (χ0n) is 17.9. The van der Waals surface area contributed by atoms with Crippen LogP contribution in [0.3, 0.4) is 0 Å². The number of hydrogen-bond donors (Lipinski definition) is 1. The predicted molar refractivity (Wildman–Crippen MR) is 119 cm³/mol. The van der Waals surface area contributed by atoms with Crippen LogP contribution in [0.4, 0.5) is 0 Å². The Labute approximate surface area is 185 Å². The molecule has 0 fully saturated rings. The molecule has 0 bridgehead atoms. The van der Waals surface area contributed by atoms with Crippen molar-refractivity contribution in [2.45, 2.75) is 26.1 Å². The first kappa shape index (κ1) is 22.5. The van der Waals surface area contributed by atoms with Gasteiger partial charge >= 0.3 is 0 Å². The van der Waals surface area contributed by atoms with Gasteiger partial charge in [0.25, 0.3) is 0 Å². The van der Waals surface area contributed by atoms with Crippen LogP contribution >= 0.6 is 11.8 Å². The van der Waals surface area contributed by atoms with Crippen molar-refractivity contribution in [1.82, 2.24) is 10.3 Å². The minimum atomic E-state index is -0.410. The normalized spacial score (nSPS) is 15.3. The summed E-state index contributed by atoms with van der Waals surface area (Å²) < 4.78 is 17.0. The van der Waals surface area contributed by atoms with Crippen LogP contribution in [-0.2, 0) is 9.59 Å². The molecule has 1 aliphatic heterocycles. The second-order valence-corrected chi connectivity index (χ2v) is 7.91. The Morgan fingerprint density at radius 3 is 2.55 bits per heavy atom. The number of nitrogens with zero attached hydrogens (tertiary/aromatic N) is 2. The number of hydrazone groups is 1. The fraction of sp³-hybridized carbons (Fsp3) is 0.318. The zero-order valence-corrected chi connectivity index (χ0v) is 18.7. The number of thioether (sulfide) groups is 1. The predicted octanol–water partition coefficient (Wildman–Crippen LogP) is 3.46. The molecular formula is C22H25N3O5S. The molecule has 1 atom stereocenters. The molecule has 0 unspecified atom stereocenters. The van der Waals surface area contributed by atoms with Gasteiger partial charge in [0, 0.05) is 13.8 Å². The molecule has 1 heterocycles. The summed E-state index contributed by atoms with van der Waals surface area (Å²) in [4.78, 5) is 23.4. The van der Waals surface area contributed by atoms with Crippen molar-refractivity contribution in [2.24, 2.45) is 5.10 Å². The number of methoxy groups -OCH3 is 1. The van der Waals surface area contributed by atoms with Gasteiger partial charge in [-0.25, -0.2) is 5.01 Å². The maximum Gasteiger partial charge on any atom is 0.241 e. The number of ether oxygens (including phenoxy) is 3. The van der Waals surface area contributed by atoms with Crippen molar-refractivity contribution in [2.75, 3.05) is 20.3 Å². The first-order chi connectivity index (χ1) is 14.9. The minimum absolute atomic E-state index is 0.231. The van der Waals surface area contributed by atoms with Crippen molar-refractivity contribution in [3.8, 4) is 17.2 Å². The molecule has 0 spiro atoms. The van der Waals surface area contributed by atoms with Crippen LogP contribution < -0.4 is 19.5 Å². The van der Waals surface area contributed by atoms with Gasteiger partial charge in [-0.1, -0.05) is 30.0 Å². The summed E-state index contributed by atoms with van der Waals surface area (Å²) >= 11 is 1.28. The van der Waals surface area contributed by atoms with Crippen molar-refractivity contribution in [1.29, 1.82) is 0 Å². The fourth-order valence-electron chi connectivity index (χ4n) is 2.95. The smallest absolute Gasteiger partial charge is 0.241 e. The van der Waals surface area contributed by atoms with Crippen LogP contribution in [0.5, 0.6) is 17.2 Å². The van der Waals surface area contributed by atoms with Crippen LogP contribution in [0.25, 0.3) is 0 Å². The molecule has 2 aromatic carbocycles. The maximum absolute atomic E-state index is 12.0. The molecule has 0 saturated carbocycles. The number of carbonyl (C=O) groups is 2. The molecule has 1 aliphatic rings. The highest BCUT2D eigenvalue weighted by Crippen LogP contribution is 2.41. The van der Waals surface area contributed by atoms with Gasteiger partial charge in [-0.15, -0.1) is 5.10 Å². The molecule has 2 amide bonds. The second kappa shape index (κ2) is 10.2. The summed E-state index contributed by atoms with van der Waals surface area (Å²) in [7, 11) is 1.55. The standard InChI is InChI=1S/C22H25N3O5S/c1-14-6-5-7-18(12-14)29-10-11-30-19-9-8-17(13-20(19)28-4)21-25(16(3)27)24-22(31-21)23-15(2)26/h5-9,12-13,21H,10-11H2,1-4H3,(H,23,24,26)/t21-/m1/s1. The van der Waals surface area contributed by atoms with Gasteiger partial charge < -0.3 is 19.5 Å². The lowest BCUT2D eigenvalue weighted by atomic mass is 10.2. The quantitative estimate of drug-likeness (QED) is 0.659. The van der Waals surface area contributed by atoms with Gasteiger partial charge in [0.2, 0.25) is 11.8 Å². The number of amidine groups is 1. The van der Waals surface area contributed by atoms with Gasteiger partial charge in [0.05, 0.1) is 7.11 Å². The summed E-state index contributed by atoms with van der Waals surface area (Å²) in [6, 6.07) is 13.3. The summed E-state index contributed by atoms with van der Waals surface area (Å²) in [5.74, 6) is 1.42. The number of aryl methyl sites for hydroxylation is 1. The monoisotopic (exact) mass is 443 g/mol. The molecule has 164 valence electrons. The third-order valence-corrected chi connectivity index (χ3v) is 5.42. The lowest BCUT2D eigenvalue weighted by Gasteiger charge is -2.20. The zero-order chi connectivity index (χ0) is 22.4. The van der Waals surface area contributed by atoms with E-state index in [1.165, 1.54) is 30.6 Å². The Morgan fingerprint density at radius 1 is 1.10 bits per heavy atom. The van der Waals surface area contributed by atoms with Gasteiger partial charge in [-0.3, -0.25) is 9.59 Å². The SMILES string of the molecule is COc1cc([C@H]2SC(NC(C)=O)=NN2C(C)=O)ccc1OCCOc1cccc(C)c1. The Kier molecular flexibility index (Phi) is 7.41. The van der Waals surface area contributed by atoms with Gasteiger partial charge in [-0.2, -0.15) is 0 Å². The number of amides is 2. The highest BCUT2D eigenvalue weighted by Gasteiger charge is 2.32. The summed E-state index contributed by atoms with van der Waals surface area (Å²) in [5, 5.41) is 8.13. The van der Waals surface area contributed by atoms with Crippen LogP contribution in [0, 0.1) is 6.92 Å². The maximum atomic E-state index is 12.0. The molecule has 31 heavy (non-hydrogen) atoms. The van der Waals surface area contributed by atoms with Crippen LogP contribution in [0.1, 0.15) is 30.3 Å². The van der Waals surface area contributed by atoms with E-state index >= 15 is 0 Å². The first-order valence-electron chi connectivity index (χ1n) is 9.70. The topological polar surface area (TPSA) is 89.5 Å². The largest absolute Gasteiger partial charge is 0.493 e. The molecular weight excluding hydrogens is 418 g/mol. The van der Waals surface area contributed by atoms with E-state index in [0.29, 0.717) is 29.9 Å². The van der Waals surface area contributed by atoms with E-state index in [1.807, 2.05) is 37.3 Å². The summed E-state index contributed by atoms with van der Waals surface area (Å²) in [6.45, 7) is 5.56. The summed E-state index contributed by atoms with van der Waals surface area (Å²) in [6.07, 6.45) is 0. The first-order valence-corrected chi connectivity index (χ1v) is 10.6. The lowest BCUT2D eigenvalue weighted by Crippen LogP contribution is -2.25. The molecule has 0 aliphatic carbocycles. The Balaban J connectivity index is 1.65. The molecule has 0 aromatic heterocycles. The number of benzene rings is 2. The van der Waals surface area contributed by atoms with E-state index < -0.39 is 5.37 Å². The van der Waals surface area contributed by atoms with E-state index in [0.717, 1.165) is 16.9 Å². The number of hydrogen-bond acceptors (Lipinski definition) is 7. The van der Waals surface area contributed by atoms with E-state index in [2.05, 4.69) is 10.4 Å². The van der Waals surface area contributed by atoms with E-state index in [4.69, 9.17) is 14.2 Å².